The Morgan fingerprint density at radius 1 is 0.903 bits per heavy atom. The van der Waals surface area contributed by atoms with Gasteiger partial charge in [-0.2, -0.15) is 0 Å². The summed E-state index contributed by atoms with van der Waals surface area (Å²) in [7, 11) is 0. The average molecular weight is 422 g/mol. The number of hydrogen-bond acceptors (Lipinski definition) is 4. The first-order valence-corrected chi connectivity index (χ1v) is 10.2. The van der Waals surface area contributed by atoms with E-state index in [1.165, 1.54) is 16.1 Å². The van der Waals surface area contributed by atoms with Gasteiger partial charge in [0.1, 0.15) is 6.54 Å². The van der Waals surface area contributed by atoms with Crippen molar-refractivity contribution in [1.29, 1.82) is 0 Å². The van der Waals surface area contributed by atoms with Gasteiger partial charge in [0.25, 0.3) is 5.56 Å². The molecule has 162 valence electrons. The lowest BCUT2D eigenvalue weighted by atomic mass is 10.1. The molecule has 2 amide bonds. The highest BCUT2D eigenvalue weighted by Gasteiger charge is 2.15. The molecule has 0 atom stereocenters. The summed E-state index contributed by atoms with van der Waals surface area (Å²) in [5, 5.41) is 5.80. The molecule has 0 aliphatic heterocycles. The van der Waals surface area contributed by atoms with Crippen LogP contribution in [-0.2, 0) is 22.7 Å². The maximum atomic E-state index is 13.1. The van der Waals surface area contributed by atoms with Crippen molar-refractivity contribution >= 4 is 34.1 Å². The van der Waals surface area contributed by atoms with Crippen molar-refractivity contribution in [3.63, 3.8) is 0 Å². The van der Waals surface area contributed by atoms with Crippen molar-refractivity contribution in [2.75, 3.05) is 10.6 Å². The quantitative estimate of drug-likeness (QED) is 0.611. The van der Waals surface area contributed by atoms with Crippen molar-refractivity contribution in [2.24, 2.45) is 5.92 Å². The molecule has 0 saturated carbocycles. The first-order chi connectivity index (χ1) is 14.8. The van der Waals surface area contributed by atoms with Crippen molar-refractivity contribution in [2.45, 2.75) is 40.3 Å². The van der Waals surface area contributed by atoms with Crippen LogP contribution in [0.1, 0.15) is 27.2 Å². The van der Waals surface area contributed by atoms with Gasteiger partial charge in [-0.3, -0.25) is 23.5 Å². The molecule has 3 rings (SSSR count). The molecular formula is C23H26N4O4. The molecule has 0 radical (unpaired) electrons. The highest BCUT2D eigenvalue weighted by Crippen LogP contribution is 2.14. The van der Waals surface area contributed by atoms with E-state index in [1.807, 2.05) is 13.8 Å². The van der Waals surface area contributed by atoms with E-state index in [0.29, 0.717) is 41.2 Å². The van der Waals surface area contributed by atoms with E-state index in [-0.39, 0.29) is 18.0 Å². The summed E-state index contributed by atoms with van der Waals surface area (Å²) >= 11 is 0. The van der Waals surface area contributed by atoms with Gasteiger partial charge in [0.15, 0.2) is 0 Å². The second-order valence-corrected chi connectivity index (χ2v) is 7.83. The number of nitrogens with zero attached hydrogens (tertiary/aromatic N) is 2. The second kappa shape index (κ2) is 9.42. The maximum Gasteiger partial charge on any atom is 0.331 e. The number of carbonyl (C=O) groups is 2. The van der Waals surface area contributed by atoms with Crippen molar-refractivity contribution in [1.82, 2.24) is 9.13 Å². The number of amides is 2. The van der Waals surface area contributed by atoms with Gasteiger partial charge in [0, 0.05) is 24.8 Å². The summed E-state index contributed by atoms with van der Waals surface area (Å²) in [4.78, 5) is 49.7. The summed E-state index contributed by atoms with van der Waals surface area (Å²) in [6, 6.07) is 13.5. The van der Waals surface area contributed by atoms with Crippen molar-refractivity contribution in [3.8, 4) is 0 Å². The molecule has 0 saturated heterocycles. The molecule has 8 heteroatoms. The van der Waals surface area contributed by atoms with Gasteiger partial charge in [-0.05, 0) is 48.7 Å². The molecule has 0 fully saturated rings. The Morgan fingerprint density at radius 2 is 1.52 bits per heavy atom. The molecule has 8 nitrogen and oxygen atoms in total. The first kappa shape index (κ1) is 22.0. The standard InChI is InChI=1S/C23H26N4O4/c1-15(2)12-13-26-22(30)19-6-4-5-7-20(19)27(23(26)31)14-21(29)25-18-10-8-17(9-11-18)24-16(3)28/h4-11,15H,12-14H2,1-3H3,(H,24,28)(H,25,29). The van der Waals surface area contributed by atoms with E-state index in [4.69, 9.17) is 0 Å². The zero-order valence-electron chi connectivity index (χ0n) is 17.8. The molecule has 0 spiro atoms. The molecule has 0 unspecified atom stereocenters. The number of fused-ring (bicyclic) bond motifs is 1. The van der Waals surface area contributed by atoms with Crippen LogP contribution in [0.15, 0.2) is 58.1 Å². The van der Waals surface area contributed by atoms with Crippen LogP contribution in [0.2, 0.25) is 0 Å². The fourth-order valence-electron chi connectivity index (χ4n) is 3.29. The SMILES string of the molecule is CC(=O)Nc1ccc(NC(=O)Cn2c(=O)n(CCC(C)C)c(=O)c3ccccc32)cc1. The normalized spacial score (nSPS) is 11.0. The van der Waals surface area contributed by atoms with E-state index >= 15 is 0 Å². The fraction of sp³-hybridized carbons (Fsp3) is 0.304. The van der Waals surface area contributed by atoms with Gasteiger partial charge < -0.3 is 10.6 Å². The minimum atomic E-state index is -0.500. The van der Waals surface area contributed by atoms with Gasteiger partial charge in [-0.25, -0.2) is 4.79 Å². The van der Waals surface area contributed by atoms with E-state index in [2.05, 4.69) is 10.6 Å². The average Bonchev–Trinajstić information content (AvgIpc) is 2.72. The summed E-state index contributed by atoms with van der Waals surface area (Å²) in [5.74, 6) is -0.251. The Hall–Kier alpha value is -3.68. The van der Waals surface area contributed by atoms with Crippen LogP contribution in [0.5, 0.6) is 0 Å². The number of hydrogen-bond donors (Lipinski definition) is 2. The molecule has 2 N–H and O–H groups in total. The lowest BCUT2D eigenvalue weighted by molar-refractivity contribution is -0.117. The smallest absolute Gasteiger partial charge is 0.326 e. The van der Waals surface area contributed by atoms with Gasteiger partial charge >= 0.3 is 5.69 Å². The van der Waals surface area contributed by atoms with Crippen LogP contribution >= 0.6 is 0 Å². The number of nitrogens with one attached hydrogen (secondary N) is 2. The third kappa shape index (κ3) is 5.28. The van der Waals surface area contributed by atoms with Gasteiger partial charge in [0.05, 0.1) is 10.9 Å². The highest BCUT2D eigenvalue weighted by atomic mass is 16.2. The predicted molar refractivity (Wildman–Crippen MR) is 121 cm³/mol. The van der Waals surface area contributed by atoms with Crippen LogP contribution in [0.3, 0.4) is 0 Å². The third-order valence-corrected chi connectivity index (χ3v) is 4.85. The number of anilines is 2. The van der Waals surface area contributed by atoms with Crippen LogP contribution in [0, 0.1) is 5.92 Å². The number of para-hydroxylation sites is 1. The van der Waals surface area contributed by atoms with E-state index in [9.17, 15) is 19.2 Å². The number of rotatable bonds is 7. The number of aromatic nitrogens is 2. The van der Waals surface area contributed by atoms with Gasteiger partial charge in [0.2, 0.25) is 11.8 Å². The Morgan fingerprint density at radius 3 is 2.13 bits per heavy atom. The van der Waals surface area contributed by atoms with Gasteiger partial charge in [-0.1, -0.05) is 26.0 Å². The first-order valence-electron chi connectivity index (χ1n) is 10.2. The summed E-state index contributed by atoms with van der Waals surface area (Å²) < 4.78 is 2.54. The lowest BCUT2D eigenvalue weighted by Crippen LogP contribution is -2.42. The van der Waals surface area contributed by atoms with E-state index in [1.54, 1.807) is 48.5 Å². The predicted octanol–water partition coefficient (Wildman–Crippen LogP) is 2.81. The molecule has 1 aromatic heterocycles. The summed E-state index contributed by atoms with van der Waals surface area (Å²) in [6.45, 7) is 5.53. The van der Waals surface area contributed by atoms with Crippen LogP contribution in [-0.4, -0.2) is 20.9 Å². The van der Waals surface area contributed by atoms with Crippen molar-refractivity contribution < 1.29 is 9.59 Å². The Bertz CT molecular complexity index is 1220. The monoisotopic (exact) mass is 422 g/mol. The van der Waals surface area contributed by atoms with E-state index in [0.717, 1.165) is 0 Å². The van der Waals surface area contributed by atoms with E-state index < -0.39 is 11.6 Å². The summed E-state index contributed by atoms with van der Waals surface area (Å²) in [6.07, 6.45) is 0.681. The summed E-state index contributed by atoms with van der Waals surface area (Å²) in [5.41, 5.74) is 0.732. The molecule has 3 aromatic rings. The molecule has 2 aromatic carbocycles. The molecule has 0 bridgehead atoms. The lowest BCUT2D eigenvalue weighted by Gasteiger charge is -2.15. The second-order valence-electron chi connectivity index (χ2n) is 7.83. The van der Waals surface area contributed by atoms with Crippen molar-refractivity contribution in [3.05, 3.63) is 69.4 Å². The molecular weight excluding hydrogens is 396 g/mol. The zero-order chi connectivity index (χ0) is 22.5. The fourth-order valence-corrected chi connectivity index (χ4v) is 3.29. The Kier molecular flexibility index (Phi) is 6.69. The Balaban J connectivity index is 1.89. The van der Waals surface area contributed by atoms with Crippen LogP contribution in [0.25, 0.3) is 10.9 Å². The molecule has 0 aliphatic rings. The highest BCUT2D eigenvalue weighted by molar-refractivity contribution is 5.92. The number of carbonyl (C=O) groups excluding carboxylic acids is 2. The Labute approximate surface area is 179 Å². The molecule has 1 heterocycles. The largest absolute Gasteiger partial charge is 0.331 e. The minimum absolute atomic E-state index is 0.185. The molecule has 0 aliphatic carbocycles. The van der Waals surface area contributed by atoms with Crippen LogP contribution in [0.4, 0.5) is 11.4 Å². The zero-order valence-corrected chi connectivity index (χ0v) is 17.8. The topological polar surface area (TPSA) is 102 Å². The minimum Gasteiger partial charge on any atom is -0.326 e. The van der Waals surface area contributed by atoms with Gasteiger partial charge in [-0.15, -0.1) is 0 Å². The maximum absolute atomic E-state index is 13.1. The third-order valence-electron chi connectivity index (χ3n) is 4.85. The van der Waals surface area contributed by atoms with Crippen LogP contribution < -0.4 is 21.9 Å². The number of benzene rings is 2. The molecule has 31 heavy (non-hydrogen) atoms.